The lowest BCUT2D eigenvalue weighted by molar-refractivity contribution is -0.120. The molecule has 1 unspecified atom stereocenters. The van der Waals surface area contributed by atoms with Crippen molar-refractivity contribution in [1.29, 1.82) is 0 Å². The highest BCUT2D eigenvalue weighted by atomic mass is 16.1. The van der Waals surface area contributed by atoms with Gasteiger partial charge in [-0.3, -0.25) is 9.78 Å². The van der Waals surface area contributed by atoms with E-state index in [-0.39, 0.29) is 5.92 Å². The summed E-state index contributed by atoms with van der Waals surface area (Å²) in [6, 6.07) is 4.11. The summed E-state index contributed by atoms with van der Waals surface area (Å²) < 4.78 is 0. The van der Waals surface area contributed by atoms with Gasteiger partial charge in [-0.1, -0.05) is 0 Å². The van der Waals surface area contributed by atoms with Gasteiger partial charge in [0.05, 0.1) is 0 Å². The fraction of sp³-hybridized carbons (Fsp3) is 0.538. The molecule has 16 heavy (non-hydrogen) atoms. The molecule has 0 amide bonds. The predicted octanol–water partition coefficient (Wildman–Crippen LogP) is 2.20. The van der Waals surface area contributed by atoms with E-state index < -0.39 is 0 Å². The second-order valence-corrected chi connectivity index (χ2v) is 4.55. The number of hydrogen-bond acceptors (Lipinski definition) is 3. The van der Waals surface area contributed by atoms with Crippen molar-refractivity contribution >= 4 is 11.5 Å². The van der Waals surface area contributed by atoms with Gasteiger partial charge < -0.3 is 4.90 Å². The summed E-state index contributed by atoms with van der Waals surface area (Å²) in [5, 5.41) is 0. The minimum absolute atomic E-state index is 0.210. The number of pyridine rings is 1. The van der Waals surface area contributed by atoms with Crippen LogP contribution in [0.15, 0.2) is 18.3 Å². The molecule has 1 fully saturated rings. The molecular weight excluding hydrogens is 200 g/mol. The minimum atomic E-state index is 0.210. The number of rotatable bonds is 2. The average molecular weight is 218 g/mol. The van der Waals surface area contributed by atoms with Crippen molar-refractivity contribution in [2.75, 3.05) is 18.0 Å². The highest BCUT2D eigenvalue weighted by molar-refractivity contribution is 5.79. The summed E-state index contributed by atoms with van der Waals surface area (Å²) in [5.41, 5.74) is 2.22. The Morgan fingerprint density at radius 2 is 2.38 bits per heavy atom. The summed E-state index contributed by atoms with van der Waals surface area (Å²) in [5.74, 6) is 0.526. The van der Waals surface area contributed by atoms with Gasteiger partial charge in [0.25, 0.3) is 0 Å². The fourth-order valence-corrected chi connectivity index (χ4v) is 2.27. The molecular formula is C13H18N2O. The van der Waals surface area contributed by atoms with Crippen LogP contribution in [-0.2, 0) is 4.79 Å². The molecule has 1 atom stereocenters. The van der Waals surface area contributed by atoms with Crippen LogP contribution in [0.3, 0.4) is 0 Å². The van der Waals surface area contributed by atoms with Gasteiger partial charge in [-0.05, 0) is 38.8 Å². The van der Waals surface area contributed by atoms with Crippen molar-refractivity contribution in [2.24, 2.45) is 5.92 Å². The van der Waals surface area contributed by atoms with Crippen molar-refractivity contribution < 1.29 is 4.79 Å². The maximum absolute atomic E-state index is 11.4. The molecule has 0 spiro atoms. The molecule has 0 saturated carbocycles. The number of Topliss-reactive ketones (excluding diaryl/α,β-unsaturated/α-hetero) is 1. The summed E-state index contributed by atoms with van der Waals surface area (Å²) in [4.78, 5) is 17.9. The summed E-state index contributed by atoms with van der Waals surface area (Å²) in [7, 11) is 0. The zero-order valence-corrected chi connectivity index (χ0v) is 9.94. The molecule has 3 nitrogen and oxygen atoms in total. The number of aryl methyl sites for hydroxylation is 1. The van der Waals surface area contributed by atoms with Gasteiger partial charge >= 0.3 is 0 Å². The minimum Gasteiger partial charge on any atom is -0.371 e. The van der Waals surface area contributed by atoms with Crippen molar-refractivity contribution in [1.82, 2.24) is 4.98 Å². The number of ketones is 1. The molecule has 1 aromatic rings. The van der Waals surface area contributed by atoms with E-state index in [4.69, 9.17) is 0 Å². The molecule has 1 aromatic heterocycles. The maximum Gasteiger partial charge on any atom is 0.134 e. The van der Waals surface area contributed by atoms with Crippen LogP contribution >= 0.6 is 0 Å². The Kier molecular flexibility index (Phi) is 3.22. The van der Waals surface area contributed by atoms with Gasteiger partial charge in [0.15, 0.2) is 0 Å². The molecule has 0 aromatic carbocycles. The Morgan fingerprint density at radius 3 is 3.06 bits per heavy atom. The Balaban J connectivity index is 2.12. The second kappa shape index (κ2) is 4.64. The monoisotopic (exact) mass is 218 g/mol. The topological polar surface area (TPSA) is 33.2 Å². The zero-order chi connectivity index (χ0) is 11.5. The molecule has 1 aliphatic heterocycles. The van der Waals surface area contributed by atoms with Gasteiger partial charge in [0.1, 0.15) is 5.78 Å². The number of nitrogens with zero attached hydrogens (tertiary/aromatic N) is 2. The summed E-state index contributed by atoms with van der Waals surface area (Å²) in [6.07, 6.45) is 3.98. The van der Waals surface area contributed by atoms with Crippen molar-refractivity contribution in [3.8, 4) is 0 Å². The first-order valence-electron chi connectivity index (χ1n) is 5.85. The number of anilines is 1. The van der Waals surface area contributed by atoms with E-state index in [9.17, 15) is 4.79 Å². The lowest BCUT2D eigenvalue weighted by Crippen LogP contribution is -2.38. The van der Waals surface area contributed by atoms with Crippen LogP contribution in [0.5, 0.6) is 0 Å². The Hall–Kier alpha value is -1.38. The molecule has 1 aliphatic rings. The van der Waals surface area contributed by atoms with E-state index in [0.717, 1.165) is 31.6 Å². The van der Waals surface area contributed by atoms with Gasteiger partial charge in [-0.15, -0.1) is 0 Å². The SMILES string of the molecule is CC(=O)C1CCCN(c2ccnc(C)c2)C1. The molecule has 2 heterocycles. The van der Waals surface area contributed by atoms with E-state index in [1.54, 1.807) is 6.92 Å². The lowest BCUT2D eigenvalue weighted by Gasteiger charge is -2.33. The molecule has 0 aliphatic carbocycles. The first-order chi connectivity index (χ1) is 7.66. The van der Waals surface area contributed by atoms with Crippen LogP contribution in [0.1, 0.15) is 25.5 Å². The van der Waals surface area contributed by atoms with Gasteiger partial charge in [-0.25, -0.2) is 0 Å². The predicted molar refractivity (Wildman–Crippen MR) is 64.6 cm³/mol. The Morgan fingerprint density at radius 1 is 1.56 bits per heavy atom. The third-order valence-electron chi connectivity index (χ3n) is 3.24. The van der Waals surface area contributed by atoms with Crippen LogP contribution < -0.4 is 4.90 Å². The fourth-order valence-electron chi connectivity index (χ4n) is 2.27. The smallest absolute Gasteiger partial charge is 0.134 e. The highest BCUT2D eigenvalue weighted by Gasteiger charge is 2.23. The lowest BCUT2D eigenvalue weighted by atomic mass is 9.94. The van der Waals surface area contributed by atoms with E-state index in [2.05, 4.69) is 16.0 Å². The van der Waals surface area contributed by atoms with Gasteiger partial charge in [0, 0.05) is 36.6 Å². The van der Waals surface area contributed by atoms with E-state index in [1.807, 2.05) is 19.2 Å². The molecule has 86 valence electrons. The Labute approximate surface area is 96.5 Å². The van der Waals surface area contributed by atoms with Crippen LogP contribution in [0.4, 0.5) is 5.69 Å². The van der Waals surface area contributed by atoms with Crippen molar-refractivity contribution in [3.63, 3.8) is 0 Å². The van der Waals surface area contributed by atoms with E-state index in [1.165, 1.54) is 5.69 Å². The standard InChI is InChI=1S/C13H18N2O/c1-10-8-13(5-6-14-10)15-7-3-4-12(9-15)11(2)16/h5-6,8,12H,3-4,7,9H2,1-2H3. The van der Waals surface area contributed by atoms with Crippen LogP contribution in [-0.4, -0.2) is 23.9 Å². The van der Waals surface area contributed by atoms with E-state index >= 15 is 0 Å². The van der Waals surface area contributed by atoms with E-state index in [0.29, 0.717) is 5.78 Å². The zero-order valence-electron chi connectivity index (χ0n) is 9.94. The van der Waals surface area contributed by atoms with Gasteiger partial charge in [0.2, 0.25) is 0 Å². The molecule has 2 rings (SSSR count). The van der Waals surface area contributed by atoms with Crippen molar-refractivity contribution in [2.45, 2.75) is 26.7 Å². The Bertz CT molecular complexity index is 389. The third-order valence-corrected chi connectivity index (χ3v) is 3.24. The molecule has 3 heteroatoms. The normalized spacial score (nSPS) is 20.9. The number of carbonyl (C=O) groups is 1. The second-order valence-electron chi connectivity index (χ2n) is 4.55. The first kappa shape index (κ1) is 11.1. The van der Waals surface area contributed by atoms with Gasteiger partial charge in [-0.2, -0.15) is 0 Å². The molecule has 0 radical (unpaired) electrons. The largest absolute Gasteiger partial charge is 0.371 e. The van der Waals surface area contributed by atoms with Crippen LogP contribution in [0.2, 0.25) is 0 Å². The summed E-state index contributed by atoms with van der Waals surface area (Å²) >= 11 is 0. The highest BCUT2D eigenvalue weighted by Crippen LogP contribution is 2.23. The first-order valence-corrected chi connectivity index (χ1v) is 5.85. The average Bonchev–Trinajstić information content (AvgIpc) is 2.29. The van der Waals surface area contributed by atoms with Crippen molar-refractivity contribution in [3.05, 3.63) is 24.0 Å². The number of hydrogen-bond donors (Lipinski definition) is 0. The number of aromatic nitrogens is 1. The molecule has 1 saturated heterocycles. The van der Waals surface area contributed by atoms with Crippen LogP contribution in [0.25, 0.3) is 0 Å². The third kappa shape index (κ3) is 2.40. The molecule has 0 bridgehead atoms. The number of carbonyl (C=O) groups excluding carboxylic acids is 1. The molecule has 0 N–H and O–H groups in total. The number of piperidine rings is 1. The maximum atomic E-state index is 11.4. The quantitative estimate of drug-likeness (QED) is 0.763. The summed E-state index contributed by atoms with van der Waals surface area (Å²) in [6.45, 7) is 5.61. The van der Waals surface area contributed by atoms with Crippen LogP contribution in [0, 0.1) is 12.8 Å².